The SMILES string of the molecule is COCCn1ncc(Cl)c1C1CCC1N. The van der Waals surface area contributed by atoms with Gasteiger partial charge in [-0.1, -0.05) is 11.6 Å². The summed E-state index contributed by atoms with van der Waals surface area (Å²) in [5.41, 5.74) is 7.03. The molecule has 1 aliphatic rings. The Morgan fingerprint density at radius 3 is 3.00 bits per heavy atom. The predicted octanol–water partition coefficient (Wildman–Crippen LogP) is 1.39. The summed E-state index contributed by atoms with van der Waals surface area (Å²) in [5.74, 6) is 0.372. The Morgan fingerprint density at radius 2 is 2.47 bits per heavy atom. The van der Waals surface area contributed by atoms with Crippen LogP contribution in [0.25, 0.3) is 0 Å². The van der Waals surface area contributed by atoms with Crippen molar-refractivity contribution in [2.24, 2.45) is 5.73 Å². The molecule has 4 nitrogen and oxygen atoms in total. The van der Waals surface area contributed by atoms with Gasteiger partial charge in [0.05, 0.1) is 30.1 Å². The molecule has 1 aromatic heterocycles. The number of nitrogens with zero attached hydrogens (tertiary/aromatic N) is 2. The van der Waals surface area contributed by atoms with Gasteiger partial charge >= 0.3 is 0 Å². The Bertz CT molecular complexity index is 339. The predicted molar refractivity (Wildman–Crippen MR) is 59.1 cm³/mol. The molecule has 15 heavy (non-hydrogen) atoms. The average Bonchev–Trinajstić information content (AvgIpc) is 2.56. The van der Waals surface area contributed by atoms with E-state index in [1.807, 2.05) is 4.68 Å². The molecule has 0 saturated heterocycles. The van der Waals surface area contributed by atoms with Gasteiger partial charge < -0.3 is 10.5 Å². The first-order valence-electron chi connectivity index (χ1n) is 5.19. The maximum Gasteiger partial charge on any atom is 0.0821 e. The van der Waals surface area contributed by atoms with Crippen LogP contribution in [0.2, 0.25) is 5.02 Å². The Hall–Kier alpha value is -0.580. The van der Waals surface area contributed by atoms with Crippen molar-refractivity contribution in [3.05, 3.63) is 16.9 Å². The standard InChI is InChI=1S/C10H16ClN3O/c1-15-5-4-14-10(8(11)6-13-14)7-2-3-9(7)12/h6-7,9H,2-5,12H2,1H3. The van der Waals surface area contributed by atoms with Crippen LogP contribution in [0.15, 0.2) is 6.20 Å². The number of hydrogen-bond acceptors (Lipinski definition) is 3. The van der Waals surface area contributed by atoms with Crippen molar-refractivity contribution in [2.75, 3.05) is 13.7 Å². The van der Waals surface area contributed by atoms with Gasteiger partial charge in [0.2, 0.25) is 0 Å². The fraction of sp³-hybridized carbons (Fsp3) is 0.700. The number of halogens is 1. The van der Waals surface area contributed by atoms with E-state index < -0.39 is 0 Å². The van der Waals surface area contributed by atoms with E-state index in [1.165, 1.54) is 0 Å². The van der Waals surface area contributed by atoms with Crippen LogP contribution < -0.4 is 5.73 Å². The third-order valence-electron chi connectivity index (χ3n) is 3.02. The molecule has 0 amide bonds. The fourth-order valence-corrected chi connectivity index (χ4v) is 2.24. The highest BCUT2D eigenvalue weighted by Gasteiger charge is 2.33. The van der Waals surface area contributed by atoms with Crippen LogP contribution in [0.5, 0.6) is 0 Å². The third kappa shape index (κ3) is 2.02. The summed E-state index contributed by atoms with van der Waals surface area (Å²) in [7, 11) is 1.68. The molecule has 1 saturated carbocycles. The summed E-state index contributed by atoms with van der Waals surface area (Å²) in [5, 5.41) is 4.97. The summed E-state index contributed by atoms with van der Waals surface area (Å²) in [6, 6.07) is 0.237. The van der Waals surface area contributed by atoms with Crippen LogP contribution >= 0.6 is 11.6 Å². The van der Waals surface area contributed by atoms with E-state index in [0.717, 1.165) is 30.1 Å². The normalized spacial score (nSPS) is 25.3. The highest BCUT2D eigenvalue weighted by molar-refractivity contribution is 6.31. The van der Waals surface area contributed by atoms with E-state index in [2.05, 4.69) is 5.10 Å². The highest BCUT2D eigenvalue weighted by atomic mass is 35.5. The van der Waals surface area contributed by atoms with Gasteiger partial charge in [-0.25, -0.2) is 0 Å². The first kappa shape index (κ1) is 10.9. The summed E-state index contributed by atoms with van der Waals surface area (Å²) in [4.78, 5) is 0. The summed E-state index contributed by atoms with van der Waals surface area (Å²) >= 11 is 6.12. The van der Waals surface area contributed by atoms with Gasteiger partial charge in [0.25, 0.3) is 0 Å². The van der Waals surface area contributed by atoms with Gasteiger partial charge in [-0.2, -0.15) is 5.10 Å². The molecule has 2 unspecified atom stereocenters. The molecule has 2 rings (SSSR count). The van der Waals surface area contributed by atoms with Gasteiger partial charge in [-0.3, -0.25) is 4.68 Å². The van der Waals surface area contributed by atoms with Crippen molar-refractivity contribution >= 4 is 11.6 Å². The van der Waals surface area contributed by atoms with Crippen LogP contribution in [0.3, 0.4) is 0 Å². The van der Waals surface area contributed by atoms with Crippen molar-refractivity contribution in [3.63, 3.8) is 0 Å². The van der Waals surface area contributed by atoms with Crippen molar-refractivity contribution in [1.29, 1.82) is 0 Å². The van der Waals surface area contributed by atoms with E-state index in [0.29, 0.717) is 12.5 Å². The molecule has 0 bridgehead atoms. The molecule has 0 spiro atoms. The van der Waals surface area contributed by atoms with Gasteiger partial charge in [-0.05, 0) is 12.8 Å². The number of methoxy groups -OCH3 is 1. The van der Waals surface area contributed by atoms with E-state index in [-0.39, 0.29) is 6.04 Å². The van der Waals surface area contributed by atoms with Gasteiger partial charge in [0, 0.05) is 19.1 Å². The Kier molecular flexibility index (Phi) is 3.29. The zero-order valence-corrected chi connectivity index (χ0v) is 9.57. The molecule has 5 heteroatoms. The summed E-state index contributed by atoms with van der Waals surface area (Å²) in [6.07, 6.45) is 3.88. The fourth-order valence-electron chi connectivity index (χ4n) is 1.96. The van der Waals surface area contributed by atoms with Crippen molar-refractivity contribution in [3.8, 4) is 0 Å². The first-order chi connectivity index (χ1) is 7.24. The highest BCUT2D eigenvalue weighted by Crippen LogP contribution is 2.38. The Morgan fingerprint density at radius 1 is 1.67 bits per heavy atom. The minimum Gasteiger partial charge on any atom is -0.383 e. The lowest BCUT2D eigenvalue weighted by Crippen LogP contribution is -2.38. The number of hydrogen-bond donors (Lipinski definition) is 1. The molecule has 2 atom stereocenters. The largest absolute Gasteiger partial charge is 0.383 e. The molecule has 2 N–H and O–H groups in total. The Balaban J connectivity index is 2.16. The monoisotopic (exact) mass is 229 g/mol. The van der Waals surface area contributed by atoms with Crippen molar-refractivity contribution < 1.29 is 4.74 Å². The van der Waals surface area contributed by atoms with E-state index in [4.69, 9.17) is 22.1 Å². The summed E-state index contributed by atoms with van der Waals surface area (Å²) < 4.78 is 6.95. The number of aromatic nitrogens is 2. The smallest absolute Gasteiger partial charge is 0.0821 e. The molecule has 1 aromatic rings. The van der Waals surface area contributed by atoms with E-state index in [1.54, 1.807) is 13.3 Å². The maximum absolute atomic E-state index is 6.12. The molecule has 0 aliphatic heterocycles. The molecule has 1 aliphatic carbocycles. The topological polar surface area (TPSA) is 53.1 Å². The minimum absolute atomic E-state index is 0.237. The van der Waals surface area contributed by atoms with Gasteiger partial charge in [0.1, 0.15) is 0 Å². The van der Waals surface area contributed by atoms with Crippen LogP contribution in [-0.2, 0) is 11.3 Å². The van der Waals surface area contributed by atoms with Crippen molar-refractivity contribution in [2.45, 2.75) is 31.3 Å². The van der Waals surface area contributed by atoms with Crippen LogP contribution in [0, 0.1) is 0 Å². The second-order valence-corrected chi connectivity index (χ2v) is 4.35. The lowest BCUT2D eigenvalue weighted by molar-refractivity contribution is 0.180. The Labute approximate surface area is 94.3 Å². The lowest BCUT2D eigenvalue weighted by Gasteiger charge is -2.34. The molecule has 0 aromatic carbocycles. The van der Waals surface area contributed by atoms with E-state index >= 15 is 0 Å². The van der Waals surface area contributed by atoms with Gasteiger partial charge in [0.15, 0.2) is 0 Å². The van der Waals surface area contributed by atoms with Crippen molar-refractivity contribution in [1.82, 2.24) is 9.78 Å². The molecule has 1 fully saturated rings. The van der Waals surface area contributed by atoms with Gasteiger partial charge in [-0.15, -0.1) is 0 Å². The second kappa shape index (κ2) is 4.51. The quantitative estimate of drug-likeness (QED) is 0.849. The second-order valence-electron chi connectivity index (χ2n) is 3.94. The zero-order chi connectivity index (χ0) is 10.8. The van der Waals surface area contributed by atoms with E-state index in [9.17, 15) is 0 Å². The zero-order valence-electron chi connectivity index (χ0n) is 8.82. The molecular formula is C10H16ClN3O. The number of nitrogens with two attached hydrogens (primary N) is 1. The number of ether oxygens (including phenoxy) is 1. The summed E-state index contributed by atoms with van der Waals surface area (Å²) in [6.45, 7) is 1.38. The average molecular weight is 230 g/mol. The number of rotatable bonds is 4. The van der Waals surface area contributed by atoms with Crippen LogP contribution in [0.1, 0.15) is 24.5 Å². The molecule has 84 valence electrons. The van der Waals surface area contributed by atoms with Crippen LogP contribution in [-0.4, -0.2) is 29.5 Å². The lowest BCUT2D eigenvalue weighted by atomic mass is 9.78. The molecular weight excluding hydrogens is 214 g/mol. The molecule has 1 heterocycles. The first-order valence-corrected chi connectivity index (χ1v) is 5.57. The third-order valence-corrected chi connectivity index (χ3v) is 3.31. The molecule has 0 radical (unpaired) electrons. The van der Waals surface area contributed by atoms with Crippen LogP contribution in [0.4, 0.5) is 0 Å². The maximum atomic E-state index is 6.12. The minimum atomic E-state index is 0.237.